The first kappa shape index (κ1) is 17.1. The van der Waals surface area contributed by atoms with Crippen molar-refractivity contribution in [1.82, 2.24) is 10.2 Å². The molecule has 7 nitrogen and oxygen atoms in total. The maximum Gasteiger partial charge on any atom is 0.292 e. The first-order valence-electron chi connectivity index (χ1n) is 8.94. The van der Waals surface area contributed by atoms with Gasteiger partial charge in [0.25, 0.3) is 5.91 Å². The van der Waals surface area contributed by atoms with Crippen LogP contribution in [0.1, 0.15) is 16.1 Å². The van der Waals surface area contributed by atoms with Gasteiger partial charge in [0.15, 0.2) is 17.4 Å². The van der Waals surface area contributed by atoms with Gasteiger partial charge in [0, 0.05) is 31.9 Å². The minimum Gasteiger partial charge on any atom is -0.459 e. The van der Waals surface area contributed by atoms with Crippen molar-refractivity contribution in [1.29, 1.82) is 0 Å². The number of amides is 1. The molecule has 2 aromatic heterocycles. The van der Waals surface area contributed by atoms with E-state index < -0.39 is 0 Å². The maximum absolute atomic E-state index is 12.0. The zero-order valence-corrected chi connectivity index (χ0v) is 15.1. The summed E-state index contributed by atoms with van der Waals surface area (Å²) in [7, 11) is 0. The minimum atomic E-state index is -0.339. The molecule has 1 aliphatic rings. The second-order valence-corrected chi connectivity index (χ2v) is 6.52. The number of carbonyl (C=O) groups excluding carboxylic acids is 1. The van der Waals surface area contributed by atoms with Crippen molar-refractivity contribution >= 4 is 23.2 Å². The molecule has 1 N–H and O–H groups in total. The zero-order chi connectivity index (χ0) is 18.6. The highest BCUT2D eigenvalue weighted by Gasteiger charge is 2.19. The molecule has 27 heavy (non-hydrogen) atoms. The molecule has 1 aromatic carbocycles. The van der Waals surface area contributed by atoms with Crippen LogP contribution in [0.5, 0.6) is 0 Å². The van der Waals surface area contributed by atoms with Crippen LogP contribution in [0.3, 0.4) is 0 Å². The molecule has 0 aliphatic carbocycles. The van der Waals surface area contributed by atoms with E-state index in [1.807, 2.05) is 6.07 Å². The molecule has 1 aliphatic heterocycles. The van der Waals surface area contributed by atoms with E-state index in [9.17, 15) is 4.79 Å². The number of rotatable bonds is 4. The first-order chi connectivity index (χ1) is 13.2. The molecule has 0 saturated carbocycles. The van der Waals surface area contributed by atoms with Crippen LogP contribution < -0.4 is 15.1 Å². The summed E-state index contributed by atoms with van der Waals surface area (Å²) in [6, 6.07) is 15.5. The molecule has 0 radical (unpaired) electrons. The number of nitrogens with zero attached hydrogens (tertiary/aromatic N) is 4. The quantitative estimate of drug-likeness (QED) is 0.768. The minimum absolute atomic E-state index is 0.244. The first-order valence-corrected chi connectivity index (χ1v) is 8.94. The van der Waals surface area contributed by atoms with E-state index in [0.717, 1.165) is 32.0 Å². The topological polar surface area (TPSA) is 74.5 Å². The lowest BCUT2D eigenvalue weighted by Crippen LogP contribution is -2.46. The Morgan fingerprint density at radius 1 is 1.00 bits per heavy atom. The number of aromatic nitrogens is 2. The average molecular weight is 363 g/mol. The summed E-state index contributed by atoms with van der Waals surface area (Å²) in [6.45, 7) is 5.73. The monoisotopic (exact) mass is 363 g/mol. The Morgan fingerprint density at radius 2 is 1.81 bits per heavy atom. The van der Waals surface area contributed by atoms with E-state index in [4.69, 9.17) is 4.42 Å². The molecule has 0 unspecified atom stereocenters. The zero-order valence-electron chi connectivity index (χ0n) is 15.1. The standard InChI is InChI=1S/C20H21N5O2/c1-15-4-2-5-16(14-15)24-9-11-25(12-10-24)19-8-7-18(22-23-19)21-20(26)17-6-3-13-27-17/h2-8,13-14H,9-12H2,1H3,(H,21,22,26). The number of benzene rings is 1. The number of aryl methyl sites for hydroxylation is 1. The number of carbonyl (C=O) groups is 1. The third kappa shape index (κ3) is 3.92. The number of furan rings is 1. The van der Waals surface area contributed by atoms with E-state index in [1.165, 1.54) is 17.5 Å². The largest absolute Gasteiger partial charge is 0.459 e. The molecule has 0 bridgehead atoms. The second kappa shape index (κ2) is 7.49. The number of anilines is 3. The van der Waals surface area contributed by atoms with Gasteiger partial charge in [-0.25, -0.2) is 0 Å². The van der Waals surface area contributed by atoms with Crippen molar-refractivity contribution in [2.24, 2.45) is 0 Å². The van der Waals surface area contributed by atoms with Gasteiger partial charge in [-0.15, -0.1) is 10.2 Å². The number of piperazine rings is 1. The van der Waals surface area contributed by atoms with Gasteiger partial charge in [0.05, 0.1) is 6.26 Å². The van der Waals surface area contributed by atoms with E-state index in [1.54, 1.807) is 18.2 Å². The lowest BCUT2D eigenvalue weighted by molar-refractivity contribution is 0.0996. The van der Waals surface area contributed by atoms with Crippen molar-refractivity contribution in [3.63, 3.8) is 0 Å². The van der Waals surface area contributed by atoms with E-state index >= 15 is 0 Å². The molecular weight excluding hydrogens is 342 g/mol. The summed E-state index contributed by atoms with van der Waals surface area (Å²) in [5, 5.41) is 11.0. The number of hydrogen-bond donors (Lipinski definition) is 1. The Balaban J connectivity index is 1.35. The third-order valence-corrected chi connectivity index (χ3v) is 4.61. The van der Waals surface area contributed by atoms with Crippen LogP contribution >= 0.6 is 0 Å². The fraction of sp³-hybridized carbons (Fsp3) is 0.250. The smallest absolute Gasteiger partial charge is 0.292 e. The molecule has 1 saturated heterocycles. The molecule has 7 heteroatoms. The summed E-state index contributed by atoms with van der Waals surface area (Å²) in [5.41, 5.74) is 2.53. The van der Waals surface area contributed by atoms with E-state index in [-0.39, 0.29) is 11.7 Å². The fourth-order valence-corrected chi connectivity index (χ4v) is 3.16. The summed E-state index contributed by atoms with van der Waals surface area (Å²) in [6.07, 6.45) is 1.46. The molecular formula is C20H21N5O2. The van der Waals surface area contributed by atoms with Gasteiger partial charge in [-0.3, -0.25) is 4.79 Å². The third-order valence-electron chi connectivity index (χ3n) is 4.61. The Hall–Kier alpha value is -3.35. The predicted octanol–water partition coefficient (Wildman–Crippen LogP) is 2.96. The molecule has 0 spiro atoms. The van der Waals surface area contributed by atoms with Crippen LogP contribution in [0.2, 0.25) is 0 Å². The molecule has 4 rings (SSSR count). The molecule has 1 amide bonds. The van der Waals surface area contributed by atoms with Crippen molar-refractivity contribution in [3.05, 3.63) is 66.1 Å². The van der Waals surface area contributed by atoms with Crippen LogP contribution in [0, 0.1) is 6.92 Å². The highest BCUT2D eigenvalue weighted by Crippen LogP contribution is 2.20. The fourth-order valence-electron chi connectivity index (χ4n) is 3.16. The SMILES string of the molecule is Cc1cccc(N2CCN(c3ccc(NC(=O)c4ccco4)nn3)CC2)c1. The van der Waals surface area contributed by atoms with Crippen LogP contribution in [-0.4, -0.2) is 42.3 Å². The highest BCUT2D eigenvalue weighted by atomic mass is 16.3. The maximum atomic E-state index is 12.0. The molecule has 138 valence electrons. The Morgan fingerprint density at radius 3 is 2.48 bits per heavy atom. The second-order valence-electron chi connectivity index (χ2n) is 6.52. The van der Waals surface area contributed by atoms with Crippen molar-refractivity contribution < 1.29 is 9.21 Å². The van der Waals surface area contributed by atoms with Gasteiger partial charge < -0.3 is 19.5 Å². The van der Waals surface area contributed by atoms with E-state index in [0.29, 0.717) is 5.82 Å². The van der Waals surface area contributed by atoms with Crippen LogP contribution in [0.4, 0.5) is 17.3 Å². The predicted molar refractivity (Wildman–Crippen MR) is 104 cm³/mol. The van der Waals surface area contributed by atoms with Crippen molar-refractivity contribution in [3.8, 4) is 0 Å². The van der Waals surface area contributed by atoms with Crippen LogP contribution in [0.25, 0.3) is 0 Å². The van der Waals surface area contributed by atoms with Gasteiger partial charge in [0.2, 0.25) is 0 Å². The number of nitrogens with one attached hydrogen (secondary N) is 1. The molecule has 0 atom stereocenters. The highest BCUT2D eigenvalue weighted by molar-refractivity contribution is 6.01. The summed E-state index contributed by atoms with van der Waals surface area (Å²) >= 11 is 0. The lowest BCUT2D eigenvalue weighted by atomic mass is 10.2. The lowest BCUT2D eigenvalue weighted by Gasteiger charge is -2.36. The van der Waals surface area contributed by atoms with Gasteiger partial charge in [-0.2, -0.15) is 0 Å². The number of hydrogen-bond acceptors (Lipinski definition) is 6. The average Bonchev–Trinajstić information content (AvgIpc) is 3.24. The van der Waals surface area contributed by atoms with Crippen molar-refractivity contribution in [2.45, 2.75) is 6.92 Å². The van der Waals surface area contributed by atoms with Crippen molar-refractivity contribution in [2.75, 3.05) is 41.3 Å². The van der Waals surface area contributed by atoms with Gasteiger partial charge in [0.1, 0.15) is 0 Å². The van der Waals surface area contributed by atoms with Gasteiger partial charge in [-0.1, -0.05) is 12.1 Å². The molecule has 1 fully saturated rings. The Kier molecular flexibility index (Phi) is 4.74. The molecule has 3 aromatic rings. The summed E-state index contributed by atoms with van der Waals surface area (Å²) in [5.74, 6) is 1.12. The van der Waals surface area contributed by atoms with Crippen LogP contribution in [0.15, 0.2) is 59.2 Å². The van der Waals surface area contributed by atoms with E-state index in [2.05, 4.69) is 56.5 Å². The normalized spacial score (nSPS) is 14.3. The van der Waals surface area contributed by atoms with Gasteiger partial charge in [-0.05, 0) is 48.9 Å². The van der Waals surface area contributed by atoms with Gasteiger partial charge >= 0.3 is 0 Å². The summed E-state index contributed by atoms with van der Waals surface area (Å²) in [4.78, 5) is 16.6. The Bertz CT molecular complexity index is 900. The summed E-state index contributed by atoms with van der Waals surface area (Å²) < 4.78 is 5.07. The van der Waals surface area contributed by atoms with Crippen LogP contribution in [-0.2, 0) is 0 Å². The molecule has 3 heterocycles. The Labute approximate surface area is 157 Å².